The maximum absolute atomic E-state index is 12.3. The molecule has 27 heavy (non-hydrogen) atoms. The van der Waals surface area contributed by atoms with Gasteiger partial charge in [0, 0.05) is 16.1 Å². The lowest BCUT2D eigenvalue weighted by Crippen LogP contribution is -2.41. The van der Waals surface area contributed by atoms with Crippen LogP contribution in [0.4, 0.5) is 0 Å². The minimum atomic E-state index is -0.405. The van der Waals surface area contributed by atoms with Gasteiger partial charge in [-0.25, -0.2) is 16.3 Å². The first-order valence-electron chi connectivity index (χ1n) is 8.55. The van der Waals surface area contributed by atoms with E-state index in [0.717, 1.165) is 16.7 Å². The van der Waals surface area contributed by atoms with E-state index in [2.05, 4.69) is 21.4 Å². The van der Waals surface area contributed by atoms with Gasteiger partial charge in [-0.2, -0.15) is 5.10 Å². The molecule has 2 unspecified atom stereocenters. The van der Waals surface area contributed by atoms with Gasteiger partial charge in [-0.3, -0.25) is 4.79 Å². The van der Waals surface area contributed by atoms with E-state index in [-0.39, 0.29) is 11.9 Å². The summed E-state index contributed by atoms with van der Waals surface area (Å²) in [6, 6.07) is 14.8. The van der Waals surface area contributed by atoms with Gasteiger partial charge in [-0.15, -0.1) is 0 Å². The zero-order valence-corrected chi connectivity index (χ0v) is 16.3. The highest BCUT2D eigenvalue weighted by molar-refractivity contribution is 6.35. The summed E-state index contributed by atoms with van der Waals surface area (Å²) in [5.74, 6) is -0.209. The van der Waals surface area contributed by atoms with Crippen molar-refractivity contribution in [3.8, 4) is 0 Å². The van der Waals surface area contributed by atoms with Gasteiger partial charge < -0.3 is 0 Å². The summed E-state index contributed by atoms with van der Waals surface area (Å²) in [5.41, 5.74) is 11.6. The Morgan fingerprint density at radius 2 is 1.96 bits per heavy atom. The molecular formula is C20H20Cl2N4O. The summed E-state index contributed by atoms with van der Waals surface area (Å²) in [7, 11) is 0. The van der Waals surface area contributed by atoms with E-state index in [9.17, 15) is 4.79 Å². The van der Waals surface area contributed by atoms with Crippen molar-refractivity contribution < 1.29 is 4.79 Å². The van der Waals surface area contributed by atoms with Gasteiger partial charge in [-0.05, 0) is 42.2 Å². The van der Waals surface area contributed by atoms with Gasteiger partial charge in [0.25, 0.3) is 5.91 Å². The minimum absolute atomic E-state index is 0.0748. The molecule has 0 radical (unpaired) electrons. The normalized spacial score (nSPS) is 20.2. The smallest absolute Gasteiger partial charge is 0.258 e. The van der Waals surface area contributed by atoms with Crippen LogP contribution in [0.5, 0.6) is 0 Å². The summed E-state index contributed by atoms with van der Waals surface area (Å²) in [6.45, 7) is 1.93. The van der Waals surface area contributed by atoms with Crippen molar-refractivity contribution in [1.82, 2.24) is 16.3 Å². The third kappa shape index (κ3) is 5.40. The van der Waals surface area contributed by atoms with Crippen LogP contribution in [-0.2, 0) is 4.79 Å². The standard InChI is InChI=1S/C20H20Cl2N4O/c1-13(9-14-5-3-2-4-6-14)12-23-26-20(27)19-11-18(24-25-19)16-8-7-15(21)10-17(16)22/h2-10,12,18-19,24-25H,11H2,1H3,(H,26,27)/b13-9+,23-12+. The van der Waals surface area contributed by atoms with E-state index >= 15 is 0 Å². The van der Waals surface area contributed by atoms with E-state index in [4.69, 9.17) is 23.2 Å². The molecule has 1 fully saturated rings. The molecule has 1 aliphatic heterocycles. The summed E-state index contributed by atoms with van der Waals surface area (Å²) in [5, 5.41) is 5.19. The number of hydrogen-bond donors (Lipinski definition) is 3. The number of halogens is 2. The van der Waals surface area contributed by atoms with Crippen LogP contribution >= 0.6 is 23.2 Å². The molecule has 1 amide bonds. The first-order chi connectivity index (χ1) is 13.0. The largest absolute Gasteiger partial charge is 0.271 e. The van der Waals surface area contributed by atoms with Crippen LogP contribution in [0.2, 0.25) is 10.0 Å². The molecule has 1 saturated heterocycles. The zero-order chi connectivity index (χ0) is 19.2. The second-order valence-electron chi connectivity index (χ2n) is 6.33. The van der Waals surface area contributed by atoms with E-state index < -0.39 is 6.04 Å². The zero-order valence-electron chi connectivity index (χ0n) is 14.7. The molecule has 1 aliphatic rings. The molecule has 0 aliphatic carbocycles. The SMILES string of the molecule is CC(/C=N/NC(=O)C1CC(c2ccc(Cl)cc2Cl)NN1)=C\c1ccccc1. The van der Waals surface area contributed by atoms with E-state index in [0.29, 0.717) is 16.5 Å². The highest BCUT2D eigenvalue weighted by atomic mass is 35.5. The Labute approximate surface area is 168 Å². The third-order valence-electron chi connectivity index (χ3n) is 4.19. The van der Waals surface area contributed by atoms with Crippen molar-refractivity contribution in [2.75, 3.05) is 0 Å². The highest BCUT2D eigenvalue weighted by Crippen LogP contribution is 2.30. The summed E-state index contributed by atoms with van der Waals surface area (Å²) in [6.07, 6.45) is 4.17. The molecule has 3 N–H and O–H groups in total. The van der Waals surface area contributed by atoms with Crippen LogP contribution < -0.4 is 16.3 Å². The maximum Gasteiger partial charge on any atom is 0.258 e. The molecule has 2 aromatic carbocycles. The van der Waals surface area contributed by atoms with E-state index in [1.807, 2.05) is 49.4 Å². The number of nitrogens with zero attached hydrogens (tertiary/aromatic N) is 1. The number of benzene rings is 2. The van der Waals surface area contributed by atoms with Crippen LogP contribution in [-0.4, -0.2) is 18.2 Å². The summed E-state index contributed by atoms with van der Waals surface area (Å²) in [4.78, 5) is 12.3. The summed E-state index contributed by atoms with van der Waals surface area (Å²) < 4.78 is 0. The first kappa shape index (κ1) is 19.6. The van der Waals surface area contributed by atoms with E-state index in [1.165, 1.54) is 0 Å². The van der Waals surface area contributed by atoms with Crippen LogP contribution in [0.15, 0.2) is 59.2 Å². The second-order valence-corrected chi connectivity index (χ2v) is 7.17. The number of allylic oxidation sites excluding steroid dienone is 1. The summed E-state index contributed by atoms with van der Waals surface area (Å²) >= 11 is 12.2. The van der Waals surface area contributed by atoms with Crippen LogP contribution in [0.25, 0.3) is 6.08 Å². The molecule has 0 aromatic heterocycles. The lowest BCUT2D eigenvalue weighted by Gasteiger charge is -2.11. The molecule has 0 spiro atoms. The van der Waals surface area contributed by atoms with Gasteiger partial charge in [-0.1, -0.05) is 65.7 Å². The number of rotatable bonds is 5. The Kier molecular flexibility index (Phi) is 6.63. The highest BCUT2D eigenvalue weighted by Gasteiger charge is 2.31. The number of hydrazine groups is 1. The van der Waals surface area contributed by atoms with Crippen molar-refractivity contribution in [3.05, 3.63) is 75.3 Å². The van der Waals surface area contributed by atoms with Gasteiger partial charge >= 0.3 is 0 Å². The number of nitrogens with one attached hydrogen (secondary N) is 3. The van der Waals surface area contributed by atoms with Gasteiger partial charge in [0.1, 0.15) is 6.04 Å². The predicted molar refractivity (Wildman–Crippen MR) is 111 cm³/mol. The Hall–Kier alpha value is -2.18. The number of carbonyl (C=O) groups is 1. The Morgan fingerprint density at radius 3 is 2.70 bits per heavy atom. The molecule has 140 valence electrons. The second kappa shape index (κ2) is 9.15. The van der Waals surface area contributed by atoms with Gasteiger partial charge in [0.2, 0.25) is 0 Å². The molecular weight excluding hydrogens is 383 g/mol. The average Bonchev–Trinajstić information content (AvgIpc) is 3.12. The third-order valence-corrected chi connectivity index (χ3v) is 4.76. The minimum Gasteiger partial charge on any atom is -0.271 e. The van der Waals surface area contributed by atoms with Crippen molar-refractivity contribution in [3.63, 3.8) is 0 Å². The Balaban J connectivity index is 1.54. The Bertz CT molecular complexity index is 868. The molecule has 7 heteroatoms. The van der Waals surface area contributed by atoms with Crippen molar-refractivity contribution in [2.45, 2.75) is 25.4 Å². The van der Waals surface area contributed by atoms with E-state index in [1.54, 1.807) is 18.3 Å². The lowest BCUT2D eigenvalue weighted by molar-refractivity contribution is -0.122. The van der Waals surface area contributed by atoms with Crippen molar-refractivity contribution in [2.24, 2.45) is 5.10 Å². The number of carbonyl (C=O) groups excluding carboxylic acids is 1. The maximum atomic E-state index is 12.3. The topological polar surface area (TPSA) is 65.5 Å². The fourth-order valence-electron chi connectivity index (χ4n) is 2.84. The average molecular weight is 403 g/mol. The molecule has 2 atom stereocenters. The number of amides is 1. The van der Waals surface area contributed by atoms with Crippen LogP contribution in [0, 0.1) is 0 Å². The first-order valence-corrected chi connectivity index (χ1v) is 9.31. The molecule has 1 heterocycles. The molecule has 2 aromatic rings. The van der Waals surface area contributed by atoms with Crippen LogP contribution in [0.3, 0.4) is 0 Å². The molecule has 5 nitrogen and oxygen atoms in total. The van der Waals surface area contributed by atoms with Crippen LogP contribution in [0.1, 0.15) is 30.5 Å². The van der Waals surface area contributed by atoms with Crippen molar-refractivity contribution in [1.29, 1.82) is 0 Å². The van der Waals surface area contributed by atoms with Gasteiger partial charge in [0.15, 0.2) is 0 Å². The quantitative estimate of drug-likeness (QED) is 0.520. The monoisotopic (exact) mass is 402 g/mol. The van der Waals surface area contributed by atoms with Gasteiger partial charge in [0.05, 0.1) is 6.21 Å². The fourth-order valence-corrected chi connectivity index (χ4v) is 3.38. The lowest BCUT2D eigenvalue weighted by atomic mass is 10.0. The number of hydrogen-bond acceptors (Lipinski definition) is 4. The number of hydrazone groups is 1. The molecule has 0 saturated carbocycles. The molecule has 3 rings (SSSR count). The van der Waals surface area contributed by atoms with Crippen molar-refractivity contribution >= 4 is 41.4 Å². The predicted octanol–water partition coefficient (Wildman–Crippen LogP) is 4.11. The molecule has 0 bridgehead atoms. The Morgan fingerprint density at radius 1 is 1.19 bits per heavy atom. The fraction of sp³-hybridized carbons (Fsp3) is 0.200.